The number of carbonyl (C=O) groups excluding carboxylic acids is 1. The predicted molar refractivity (Wildman–Crippen MR) is 73.3 cm³/mol. The number of Topliss-reactive ketones (excluding diaryl/α,β-unsaturated/α-hetero) is 1. The Morgan fingerprint density at radius 3 is 2.63 bits per heavy atom. The zero-order valence-corrected chi connectivity index (χ0v) is 11.9. The van der Waals surface area contributed by atoms with Crippen LogP contribution in [0.1, 0.15) is 37.8 Å². The number of aromatic nitrogens is 2. The van der Waals surface area contributed by atoms with Crippen molar-refractivity contribution >= 4 is 39.6 Å². The summed E-state index contributed by atoms with van der Waals surface area (Å²) in [5.41, 5.74) is 0.661. The molecule has 0 unspecified atom stereocenters. The molecule has 0 aromatic carbocycles. The van der Waals surface area contributed by atoms with Gasteiger partial charge in [0.25, 0.3) is 0 Å². The zero-order chi connectivity index (χ0) is 14.0. The third-order valence-electron chi connectivity index (χ3n) is 2.24. The maximum absolute atomic E-state index is 11.3. The average molecular weight is 297 g/mol. The Bertz CT molecular complexity index is 601. The molecule has 0 bridgehead atoms. The lowest BCUT2D eigenvalue weighted by molar-refractivity contribution is 0.0687. The van der Waals surface area contributed by atoms with Gasteiger partial charge in [-0.05, 0) is 6.92 Å². The van der Waals surface area contributed by atoms with Crippen LogP contribution in [0.5, 0.6) is 0 Å². The molecule has 0 radical (unpaired) electrons. The van der Waals surface area contributed by atoms with Crippen LogP contribution in [0.2, 0.25) is 0 Å². The highest BCUT2D eigenvalue weighted by atomic mass is 32.1. The van der Waals surface area contributed by atoms with Gasteiger partial charge >= 0.3 is 5.97 Å². The lowest BCUT2D eigenvalue weighted by Gasteiger charge is -1.97. The number of anilines is 1. The second-order valence-corrected chi connectivity index (χ2v) is 5.83. The first-order valence-electron chi connectivity index (χ1n) is 5.37. The predicted octanol–water partition coefficient (Wildman–Crippen LogP) is 2.42. The van der Waals surface area contributed by atoms with Crippen LogP contribution in [0.4, 0.5) is 5.13 Å². The second kappa shape index (κ2) is 5.45. The Morgan fingerprint density at radius 2 is 2.16 bits per heavy atom. The number of hydrogen-bond donors (Lipinski definition) is 2. The molecule has 0 aliphatic carbocycles. The van der Waals surface area contributed by atoms with Crippen LogP contribution in [-0.4, -0.2) is 26.8 Å². The molecule has 2 aromatic heterocycles. The fraction of sp³-hybridized carbons (Fsp3) is 0.273. The van der Waals surface area contributed by atoms with Crippen molar-refractivity contribution in [2.45, 2.75) is 20.4 Å². The molecule has 0 atom stereocenters. The van der Waals surface area contributed by atoms with E-state index in [2.05, 4.69) is 15.3 Å². The Labute approximate surface area is 117 Å². The van der Waals surface area contributed by atoms with E-state index >= 15 is 0 Å². The van der Waals surface area contributed by atoms with Crippen LogP contribution >= 0.6 is 22.7 Å². The van der Waals surface area contributed by atoms with Crippen molar-refractivity contribution in [3.05, 3.63) is 26.7 Å². The number of rotatable bonds is 5. The van der Waals surface area contributed by atoms with Crippen LogP contribution < -0.4 is 5.32 Å². The molecule has 19 heavy (non-hydrogen) atoms. The summed E-state index contributed by atoms with van der Waals surface area (Å²) in [6.07, 6.45) is 0. The smallest absolute Gasteiger partial charge is 0.356 e. The summed E-state index contributed by atoms with van der Waals surface area (Å²) >= 11 is 2.59. The van der Waals surface area contributed by atoms with Gasteiger partial charge in [-0.15, -0.1) is 11.3 Å². The largest absolute Gasteiger partial charge is 0.476 e. The minimum atomic E-state index is -1.20. The van der Waals surface area contributed by atoms with E-state index in [1.54, 1.807) is 11.3 Å². The van der Waals surface area contributed by atoms with Gasteiger partial charge in [-0.1, -0.05) is 11.3 Å². The number of carboxylic acid groups (broad SMARTS) is 1. The highest BCUT2D eigenvalue weighted by molar-refractivity contribution is 7.17. The lowest BCUT2D eigenvalue weighted by atomic mass is 10.3. The lowest BCUT2D eigenvalue weighted by Crippen LogP contribution is -2.04. The minimum Gasteiger partial charge on any atom is -0.476 e. The van der Waals surface area contributed by atoms with Crippen LogP contribution in [0.15, 0.2) is 5.38 Å². The quantitative estimate of drug-likeness (QED) is 0.823. The number of ketones is 1. The molecule has 6 nitrogen and oxygen atoms in total. The number of carboxylic acids is 1. The Hall–Kier alpha value is -1.80. The number of nitrogens with one attached hydrogen (secondary N) is 1. The van der Waals surface area contributed by atoms with Crippen molar-refractivity contribution < 1.29 is 14.7 Å². The van der Waals surface area contributed by atoms with E-state index in [0.29, 0.717) is 11.7 Å². The summed E-state index contributed by atoms with van der Waals surface area (Å²) in [7, 11) is 0. The van der Waals surface area contributed by atoms with Crippen molar-refractivity contribution in [3.8, 4) is 0 Å². The van der Waals surface area contributed by atoms with Gasteiger partial charge in [-0.2, -0.15) is 0 Å². The van der Waals surface area contributed by atoms with Gasteiger partial charge in [-0.3, -0.25) is 4.79 Å². The van der Waals surface area contributed by atoms with Gasteiger partial charge in [0.15, 0.2) is 16.6 Å². The zero-order valence-electron chi connectivity index (χ0n) is 10.3. The standard InChI is InChI=1S/C11H11N3O3S2/c1-5(15)9-8(10(16)17)14-11(19-9)12-3-7-4-18-6(2)13-7/h4H,3H2,1-2H3,(H,12,14)(H,16,17). The van der Waals surface area contributed by atoms with Gasteiger partial charge in [0.05, 0.1) is 17.2 Å². The minimum absolute atomic E-state index is 0.157. The molecule has 8 heteroatoms. The first-order chi connectivity index (χ1) is 8.97. The molecule has 0 amide bonds. The Kier molecular flexibility index (Phi) is 3.91. The summed E-state index contributed by atoms with van der Waals surface area (Å²) < 4.78 is 0. The van der Waals surface area contributed by atoms with Crippen molar-refractivity contribution in [2.24, 2.45) is 0 Å². The fourth-order valence-electron chi connectivity index (χ4n) is 1.43. The van der Waals surface area contributed by atoms with E-state index in [4.69, 9.17) is 5.11 Å². The van der Waals surface area contributed by atoms with Gasteiger partial charge in [0.1, 0.15) is 4.88 Å². The molecule has 2 aromatic rings. The molecule has 0 aliphatic rings. The van der Waals surface area contributed by atoms with Crippen LogP contribution in [-0.2, 0) is 6.54 Å². The van der Waals surface area contributed by atoms with E-state index in [0.717, 1.165) is 22.0 Å². The molecule has 100 valence electrons. The molecule has 2 rings (SSSR count). The van der Waals surface area contributed by atoms with E-state index in [9.17, 15) is 9.59 Å². The molecular formula is C11H11N3O3S2. The number of aryl methyl sites for hydroxylation is 1. The summed E-state index contributed by atoms with van der Waals surface area (Å²) in [5.74, 6) is -1.49. The van der Waals surface area contributed by atoms with Crippen LogP contribution in [0.3, 0.4) is 0 Å². The molecule has 2 heterocycles. The third kappa shape index (κ3) is 3.15. The highest BCUT2D eigenvalue weighted by Gasteiger charge is 2.20. The Morgan fingerprint density at radius 1 is 1.42 bits per heavy atom. The number of aromatic carboxylic acids is 1. The van der Waals surface area contributed by atoms with E-state index < -0.39 is 5.97 Å². The normalized spacial score (nSPS) is 10.4. The molecule has 0 aliphatic heterocycles. The Balaban J connectivity index is 2.15. The summed E-state index contributed by atoms with van der Waals surface area (Å²) in [6, 6.07) is 0. The van der Waals surface area contributed by atoms with E-state index in [-0.39, 0.29) is 16.4 Å². The first kappa shape index (κ1) is 13.6. The molecular weight excluding hydrogens is 286 g/mol. The molecule has 0 fully saturated rings. The molecule has 0 saturated heterocycles. The van der Waals surface area contributed by atoms with Crippen molar-refractivity contribution in [1.82, 2.24) is 9.97 Å². The summed E-state index contributed by atoms with van der Waals surface area (Å²) in [5, 5.41) is 15.2. The highest BCUT2D eigenvalue weighted by Crippen LogP contribution is 2.24. The monoisotopic (exact) mass is 297 g/mol. The molecule has 0 spiro atoms. The van der Waals surface area contributed by atoms with E-state index in [1.165, 1.54) is 6.92 Å². The fourth-order valence-corrected chi connectivity index (χ4v) is 2.90. The summed E-state index contributed by atoms with van der Waals surface area (Å²) in [6.45, 7) is 3.69. The van der Waals surface area contributed by atoms with Gasteiger partial charge in [0.2, 0.25) is 0 Å². The maximum Gasteiger partial charge on any atom is 0.356 e. The summed E-state index contributed by atoms with van der Waals surface area (Å²) in [4.78, 5) is 30.6. The number of carbonyl (C=O) groups is 2. The van der Waals surface area contributed by atoms with Gasteiger partial charge < -0.3 is 10.4 Å². The van der Waals surface area contributed by atoms with Crippen molar-refractivity contribution in [2.75, 3.05) is 5.32 Å². The first-order valence-corrected chi connectivity index (χ1v) is 7.07. The second-order valence-electron chi connectivity index (χ2n) is 3.77. The topological polar surface area (TPSA) is 92.2 Å². The van der Waals surface area contributed by atoms with Crippen molar-refractivity contribution in [1.29, 1.82) is 0 Å². The number of nitrogens with zero attached hydrogens (tertiary/aromatic N) is 2. The number of thiazole rings is 2. The molecule has 2 N–H and O–H groups in total. The average Bonchev–Trinajstić information content (AvgIpc) is 2.92. The van der Waals surface area contributed by atoms with Crippen molar-refractivity contribution in [3.63, 3.8) is 0 Å². The SMILES string of the molecule is CC(=O)c1sc(NCc2csc(C)n2)nc1C(=O)O. The number of hydrogen-bond acceptors (Lipinski definition) is 7. The maximum atomic E-state index is 11.3. The molecule has 0 saturated carbocycles. The van der Waals surface area contributed by atoms with Crippen LogP contribution in [0.25, 0.3) is 0 Å². The van der Waals surface area contributed by atoms with Crippen LogP contribution in [0, 0.1) is 6.92 Å². The van der Waals surface area contributed by atoms with E-state index in [1.807, 2.05) is 12.3 Å². The third-order valence-corrected chi connectivity index (χ3v) is 4.17. The van der Waals surface area contributed by atoms with Gasteiger partial charge in [-0.25, -0.2) is 14.8 Å². The van der Waals surface area contributed by atoms with Gasteiger partial charge in [0, 0.05) is 12.3 Å².